The summed E-state index contributed by atoms with van der Waals surface area (Å²) < 4.78 is 64.9. The van der Waals surface area contributed by atoms with E-state index in [2.05, 4.69) is 4.74 Å². The third-order valence-corrected chi connectivity index (χ3v) is 5.83. The molecular formula is C15H24F2O8S. The summed E-state index contributed by atoms with van der Waals surface area (Å²) >= 11 is 0. The van der Waals surface area contributed by atoms with Crippen molar-refractivity contribution in [2.24, 2.45) is 17.8 Å². The molecule has 0 aromatic rings. The molecular weight excluding hydrogens is 378 g/mol. The van der Waals surface area contributed by atoms with Crippen LogP contribution in [0.3, 0.4) is 0 Å². The van der Waals surface area contributed by atoms with Gasteiger partial charge in [-0.15, -0.1) is 0 Å². The van der Waals surface area contributed by atoms with Crippen LogP contribution in [0.15, 0.2) is 0 Å². The molecule has 0 spiro atoms. The third kappa shape index (κ3) is 4.89. The number of esters is 1. The average molecular weight is 402 g/mol. The molecule has 2 bridgehead atoms. The molecule has 0 aromatic heterocycles. The number of hydrogen-bond acceptors (Lipinski definition) is 7. The molecule has 0 saturated heterocycles. The number of carbonyl (C=O) groups is 1. The van der Waals surface area contributed by atoms with Crippen LogP contribution in [-0.4, -0.2) is 59.0 Å². The lowest BCUT2D eigenvalue weighted by molar-refractivity contribution is -0.210. The fourth-order valence-corrected chi connectivity index (χ4v) is 4.33. The Morgan fingerprint density at radius 3 is 2.38 bits per heavy atom. The van der Waals surface area contributed by atoms with E-state index >= 15 is 0 Å². The fraction of sp³-hybridized carbons (Fsp3) is 0.933. The van der Waals surface area contributed by atoms with Gasteiger partial charge in [-0.05, 0) is 57.3 Å². The number of ether oxygens (including phenoxy) is 2. The van der Waals surface area contributed by atoms with E-state index in [1.54, 1.807) is 13.8 Å². The highest BCUT2D eigenvalue weighted by atomic mass is 32.2. The maximum Gasteiger partial charge on any atom is 0.430 e. The molecule has 3 N–H and O–H groups in total. The zero-order valence-corrected chi connectivity index (χ0v) is 15.3. The van der Waals surface area contributed by atoms with Gasteiger partial charge in [0.05, 0.1) is 11.7 Å². The summed E-state index contributed by atoms with van der Waals surface area (Å²) in [6.07, 6.45) is -0.506. The van der Waals surface area contributed by atoms with Crippen LogP contribution >= 0.6 is 0 Å². The van der Waals surface area contributed by atoms with Crippen molar-refractivity contribution in [2.75, 3.05) is 6.61 Å². The van der Waals surface area contributed by atoms with Crippen LogP contribution in [-0.2, 0) is 24.4 Å². The van der Waals surface area contributed by atoms with Crippen LogP contribution in [0.1, 0.15) is 39.5 Å². The van der Waals surface area contributed by atoms with E-state index in [1.807, 2.05) is 0 Å². The fourth-order valence-electron chi connectivity index (χ4n) is 4.03. The van der Waals surface area contributed by atoms with Crippen LogP contribution < -0.4 is 0 Å². The smallest absolute Gasteiger partial charge is 0.426 e. The van der Waals surface area contributed by atoms with Gasteiger partial charge in [0, 0.05) is 0 Å². The number of carbonyl (C=O) groups excluding carboxylic acids is 1. The van der Waals surface area contributed by atoms with Crippen LogP contribution in [0.5, 0.6) is 0 Å². The van der Waals surface area contributed by atoms with E-state index in [1.165, 1.54) is 0 Å². The summed E-state index contributed by atoms with van der Waals surface area (Å²) in [4.78, 5) is 11.5. The van der Waals surface area contributed by atoms with Crippen molar-refractivity contribution in [3.05, 3.63) is 0 Å². The van der Waals surface area contributed by atoms with Crippen molar-refractivity contribution in [1.29, 1.82) is 0 Å². The Balaban J connectivity index is 1.85. The topological polar surface area (TPSA) is 130 Å². The molecule has 152 valence electrons. The number of aliphatic hydroxyl groups excluding tert-OH is 1. The van der Waals surface area contributed by atoms with Gasteiger partial charge in [-0.1, -0.05) is 0 Å². The van der Waals surface area contributed by atoms with E-state index < -0.39 is 39.8 Å². The molecule has 2 rings (SSSR count). The Hall–Kier alpha value is -0.880. The first kappa shape index (κ1) is 21.4. The number of hydrogen-bond donors (Lipinski definition) is 3. The van der Waals surface area contributed by atoms with Crippen molar-refractivity contribution < 1.29 is 46.2 Å². The first-order valence-electron chi connectivity index (χ1n) is 8.27. The second-order valence-corrected chi connectivity index (χ2v) is 9.24. The van der Waals surface area contributed by atoms with Gasteiger partial charge in [0.2, 0.25) is 0 Å². The molecule has 2 saturated carbocycles. The van der Waals surface area contributed by atoms with Crippen molar-refractivity contribution in [3.63, 3.8) is 0 Å². The highest BCUT2D eigenvalue weighted by Crippen LogP contribution is 2.52. The van der Waals surface area contributed by atoms with Crippen LogP contribution in [0, 0.1) is 17.8 Å². The Bertz CT molecular complexity index is 630. The number of halogens is 2. The molecule has 0 aromatic carbocycles. The molecule has 5 atom stereocenters. The summed E-state index contributed by atoms with van der Waals surface area (Å²) in [5.41, 5.74) is -0.829. The van der Waals surface area contributed by atoms with E-state index in [4.69, 9.17) is 14.4 Å². The monoisotopic (exact) mass is 402 g/mol. The maximum absolute atomic E-state index is 13.1. The van der Waals surface area contributed by atoms with E-state index in [-0.39, 0.29) is 17.9 Å². The standard InChI is InChI=1S/C15H24F2O8S/c1-14(2,20)6-9-3-8-4-10(9)11(5-8)24-7-12(18)25-13(19)15(16,17)26(21,22)23/h8-11,13,19-20H,3-7H2,1-2H3,(H,21,22,23). The molecule has 2 aliphatic carbocycles. The van der Waals surface area contributed by atoms with Crippen LogP contribution in [0.25, 0.3) is 0 Å². The first-order chi connectivity index (χ1) is 11.7. The van der Waals surface area contributed by atoms with E-state index in [0.717, 1.165) is 12.8 Å². The Morgan fingerprint density at radius 1 is 1.27 bits per heavy atom. The zero-order chi connectivity index (χ0) is 19.9. The van der Waals surface area contributed by atoms with E-state index in [9.17, 15) is 27.1 Å². The zero-order valence-electron chi connectivity index (χ0n) is 14.5. The van der Waals surface area contributed by atoms with Crippen LogP contribution in [0.4, 0.5) is 8.78 Å². The molecule has 5 unspecified atom stereocenters. The number of aliphatic hydroxyl groups is 2. The van der Waals surface area contributed by atoms with Gasteiger partial charge in [0.1, 0.15) is 6.61 Å². The summed E-state index contributed by atoms with van der Waals surface area (Å²) in [5.74, 6) is -0.613. The molecule has 0 amide bonds. The SMILES string of the molecule is CC(C)(O)CC1CC2CC(OCC(=O)OC(O)C(F)(F)S(=O)(=O)O)C1C2. The minimum atomic E-state index is -5.93. The minimum Gasteiger partial charge on any atom is -0.426 e. The van der Waals surface area contributed by atoms with Gasteiger partial charge in [-0.25, -0.2) is 4.79 Å². The van der Waals surface area contributed by atoms with Gasteiger partial charge < -0.3 is 19.7 Å². The normalized spacial score (nSPS) is 30.4. The Kier molecular flexibility index (Phi) is 5.99. The lowest BCUT2D eigenvalue weighted by Crippen LogP contribution is -2.44. The second kappa shape index (κ2) is 7.27. The Labute approximate surface area is 150 Å². The van der Waals surface area contributed by atoms with Gasteiger partial charge in [0.25, 0.3) is 6.29 Å². The molecule has 2 aliphatic rings. The molecule has 26 heavy (non-hydrogen) atoms. The number of fused-ring (bicyclic) bond motifs is 2. The Morgan fingerprint density at radius 2 is 1.88 bits per heavy atom. The molecule has 8 nitrogen and oxygen atoms in total. The first-order valence-corrected chi connectivity index (χ1v) is 9.71. The van der Waals surface area contributed by atoms with Gasteiger partial charge in [-0.2, -0.15) is 17.2 Å². The highest BCUT2D eigenvalue weighted by molar-refractivity contribution is 7.86. The lowest BCUT2D eigenvalue weighted by atomic mass is 9.80. The molecule has 11 heteroatoms. The summed E-state index contributed by atoms with van der Waals surface area (Å²) in [6, 6.07) is 0. The largest absolute Gasteiger partial charge is 0.430 e. The summed E-state index contributed by atoms with van der Waals surface area (Å²) in [6.45, 7) is 2.69. The lowest BCUT2D eigenvalue weighted by Gasteiger charge is -2.33. The number of alkyl halides is 2. The van der Waals surface area contributed by atoms with Crippen molar-refractivity contribution in [3.8, 4) is 0 Å². The molecule has 2 fully saturated rings. The average Bonchev–Trinajstić information content (AvgIpc) is 3.01. The van der Waals surface area contributed by atoms with E-state index in [0.29, 0.717) is 18.8 Å². The number of rotatable bonds is 8. The quantitative estimate of drug-likeness (QED) is 0.310. The van der Waals surface area contributed by atoms with Crippen molar-refractivity contribution >= 4 is 16.1 Å². The summed E-state index contributed by atoms with van der Waals surface area (Å²) in [5, 5.41) is 14.0. The minimum absolute atomic E-state index is 0.128. The molecule has 0 heterocycles. The highest BCUT2D eigenvalue weighted by Gasteiger charge is 2.54. The predicted molar refractivity (Wildman–Crippen MR) is 83.6 cm³/mol. The molecule has 0 radical (unpaired) electrons. The van der Waals surface area contributed by atoms with Gasteiger partial charge >= 0.3 is 21.3 Å². The van der Waals surface area contributed by atoms with Crippen molar-refractivity contribution in [1.82, 2.24) is 0 Å². The van der Waals surface area contributed by atoms with Crippen LogP contribution in [0.2, 0.25) is 0 Å². The van der Waals surface area contributed by atoms with Gasteiger partial charge in [0.15, 0.2) is 0 Å². The maximum atomic E-state index is 13.1. The molecule has 0 aliphatic heterocycles. The third-order valence-electron chi connectivity index (χ3n) is 4.94. The predicted octanol–water partition coefficient (Wildman–Crippen LogP) is 0.921. The second-order valence-electron chi connectivity index (χ2n) is 7.74. The van der Waals surface area contributed by atoms with Gasteiger partial charge in [-0.3, -0.25) is 4.55 Å². The summed E-state index contributed by atoms with van der Waals surface area (Å²) in [7, 11) is -5.93. The van der Waals surface area contributed by atoms with Crippen molar-refractivity contribution in [2.45, 2.75) is 62.8 Å².